The van der Waals surface area contributed by atoms with E-state index in [9.17, 15) is 24.0 Å². The van der Waals surface area contributed by atoms with Gasteiger partial charge in [-0.15, -0.1) is 0 Å². The van der Waals surface area contributed by atoms with Crippen molar-refractivity contribution < 1.29 is 42.9 Å². The van der Waals surface area contributed by atoms with Gasteiger partial charge in [0.15, 0.2) is 0 Å². The Morgan fingerprint density at radius 1 is 0.800 bits per heavy atom. The van der Waals surface area contributed by atoms with Crippen LogP contribution in [0.1, 0.15) is 74.9 Å². The number of esters is 4. The van der Waals surface area contributed by atoms with Crippen molar-refractivity contribution in [2.24, 2.45) is 5.73 Å². The van der Waals surface area contributed by atoms with E-state index in [-0.39, 0.29) is 61.5 Å². The summed E-state index contributed by atoms with van der Waals surface area (Å²) in [5, 5.41) is 7.45. The van der Waals surface area contributed by atoms with Crippen LogP contribution in [-0.2, 0) is 33.4 Å². The summed E-state index contributed by atoms with van der Waals surface area (Å²) >= 11 is 0. The maximum absolute atomic E-state index is 13.7. The molecule has 242 valence electrons. The van der Waals surface area contributed by atoms with Crippen molar-refractivity contribution in [1.82, 2.24) is 4.90 Å². The van der Waals surface area contributed by atoms with Gasteiger partial charge in [-0.2, -0.15) is 0 Å². The number of unbranched alkanes of at least 4 members (excludes halogenated alkanes) is 2. The summed E-state index contributed by atoms with van der Waals surface area (Å²) in [4.78, 5) is 64.8. The van der Waals surface area contributed by atoms with Crippen molar-refractivity contribution in [1.29, 1.82) is 5.41 Å². The number of amides is 1. The van der Waals surface area contributed by atoms with Crippen LogP contribution in [0.5, 0.6) is 5.75 Å². The first-order chi connectivity index (χ1) is 21.5. The molecular weight excluding hydrogens is 582 g/mol. The molecule has 0 spiro atoms. The molecule has 2 aromatic carbocycles. The molecule has 0 unspecified atom stereocenters. The number of carbonyl (C=O) groups is 5. The highest BCUT2D eigenvalue weighted by molar-refractivity contribution is 6.06. The van der Waals surface area contributed by atoms with E-state index < -0.39 is 29.9 Å². The number of nitrogens with zero attached hydrogens (tertiary/aromatic N) is 1. The molecule has 0 aliphatic carbocycles. The molecular formula is C33H41N3O9. The molecule has 0 radical (unpaired) electrons. The highest BCUT2D eigenvalue weighted by atomic mass is 16.6. The first-order valence-corrected chi connectivity index (χ1v) is 14.8. The van der Waals surface area contributed by atoms with E-state index in [0.29, 0.717) is 30.4 Å². The fourth-order valence-corrected chi connectivity index (χ4v) is 4.22. The Morgan fingerprint density at radius 2 is 1.36 bits per heavy atom. The predicted octanol–water partition coefficient (Wildman–Crippen LogP) is 4.04. The van der Waals surface area contributed by atoms with Crippen LogP contribution in [0.15, 0.2) is 54.1 Å². The number of carbonyl (C=O) groups excluding carboxylic acids is 5. The van der Waals surface area contributed by atoms with E-state index in [1.165, 1.54) is 24.3 Å². The maximum Gasteiger partial charge on any atom is 0.343 e. The highest BCUT2D eigenvalue weighted by Crippen LogP contribution is 2.18. The van der Waals surface area contributed by atoms with Crippen LogP contribution in [-0.4, -0.2) is 72.9 Å². The summed E-state index contributed by atoms with van der Waals surface area (Å²) in [5.41, 5.74) is 7.02. The van der Waals surface area contributed by atoms with Gasteiger partial charge in [-0.05, 0) is 88.6 Å². The molecule has 0 saturated heterocycles. The number of amidine groups is 1. The second-order valence-electron chi connectivity index (χ2n) is 9.80. The number of ether oxygens (including phenoxy) is 4. The third kappa shape index (κ3) is 11.5. The Bertz CT molecular complexity index is 1350. The van der Waals surface area contributed by atoms with Gasteiger partial charge in [0.1, 0.15) is 11.6 Å². The van der Waals surface area contributed by atoms with Gasteiger partial charge in [0.25, 0.3) is 5.91 Å². The molecule has 1 amide bonds. The lowest BCUT2D eigenvalue weighted by atomic mass is 10.1. The summed E-state index contributed by atoms with van der Waals surface area (Å²) < 4.78 is 20.5. The van der Waals surface area contributed by atoms with Crippen LogP contribution >= 0.6 is 0 Å². The number of nitrogen functional groups attached to an aromatic ring is 1. The zero-order chi connectivity index (χ0) is 33.4. The van der Waals surface area contributed by atoms with Crippen LogP contribution < -0.4 is 10.5 Å². The topological polar surface area (TPSA) is 175 Å². The minimum Gasteiger partial charge on any atom is -0.466 e. The van der Waals surface area contributed by atoms with Crippen molar-refractivity contribution in [3.8, 4) is 5.75 Å². The average molecular weight is 624 g/mol. The number of hydrogen-bond acceptors (Lipinski definition) is 10. The highest BCUT2D eigenvalue weighted by Gasteiger charge is 2.38. The fraction of sp³-hybridized carbons (Fsp3) is 0.394. The summed E-state index contributed by atoms with van der Waals surface area (Å²) in [7, 11) is 0. The van der Waals surface area contributed by atoms with E-state index in [0.717, 1.165) is 4.90 Å². The van der Waals surface area contributed by atoms with Gasteiger partial charge in [0, 0.05) is 24.1 Å². The number of rotatable bonds is 17. The van der Waals surface area contributed by atoms with E-state index >= 15 is 0 Å². The van der Waals surface area contributed by atoms with Gasteiger partial charge in [0.05, 0.1) is 25.4 Å². The molecule has 0 bridgehead atoms. The second-order valence-corrected chi connectivity index (χ2v) is 9.80. The van der Waals surface area contributed by atoms with Crippen molar-refractivity contribution >= 4 is 41.7 Å². The third-order valence-corrected chi connectivity index (χ3v) is 6.42. The van der Waals surface area contributed by atoms with Crippen LogP contribution in [0.4, 0.5) is 0 Å². The molecule has 0 saturated carbocycles. The molecule has 0 aliphatic rings. The second kappa shape index (κ2) is 18.6. The van der Waals surface area contributed by atoms with E-state index in [1.807, 2.05) is 0 Å². The molecule has 0 atom stereocenters. The first kappa shape index (κ1) is 36.2. The number of benzene rings is 2. The largest absolute Gasteiger partial charge is 0.466 e. The van der Waals surface area contributed by atoms with E-state index in [2.05, 4.69) is 0 Å². The molecule has 12 heteroatoms. The van der Waals surface area contributed by atoms with Gasteiger partial charge in [-0.25, -0.2) is 14.4 Å². The monoisotopic (exact) mass is 623 g/mol. The Labute approximate surface area is 263 Å². The summed E-state index contributed by atoms with van der Waals surface area (Å²) in [6.07, 6.45) is 3.25. The fourth-order valence-electron chi connectivity index (χ4n) is 4.22. The molecule has 0 heterocycles. The molecule has 0 fully saturated rings. The number of nitrogens with two attached hydrogens (primary N) is 1. The van der Waals surface area contributed by atoms with E-state index in [4.69, 9.17) is 30.1 Å². The standard InChI is InChI=1S/C33H41N3O9/c1-5-42-27(37)11-9-8-10-20-36(28(32(40)43-6-2)33(41)44-7-3)30(38)22(4)21-23-12-14-25(15-13-23)31(39)45-26-18-16-24(17-19-26)29(34)35/h12-19,21,28H,5-11,20H2,1-4H3,(H3,34,35). The smallest absolute Gasteiger partial charge is 0.343 e. The van der Waals surface area contributed by atoms with Crippen molar-refractivity contribution in [2.45, 2.75) is 59.4 Å². The van der Waals surface area contributed by atoms with Crippen molar-refractivity contribution in [2.75, 3.05) is 26.4 Å². The molecule has 12 nitrogen and oxygen atoms in total. The van der Waals surface area contributed by atoms with Crippen molar-refractivity contribution in [3.05, 3.63) is 70.8 Å². The summed E-state index contributed by atoms with van der Waals surface area (Å²) in [6, 6.07) is 10.9. The lowest BCUT2D eigenvalue weighted by Crippen LogP contribution is -2.52. The van der Waals surface area contributed by atoms with E-state index in [1.54, 1.807) is 58.0 Å². The van der Waals surface area contributed by atoms with Crippen molar-refractivity contribution in [3.63, 3.8) is 0 Å². The molecule has 45 heavy (non-hydrogen) atoms. The zero-order valence-corrected chi connectivity index (χ0v) is 26.1. The maximum atomic E-state index is 13.7. The summed E-state index contributed by atoms with van der Waals surface area (Å²) in [6.45, 7) is 6.80. The van der Waals surface area contributed by atoms with Gasteiger partial charge >= 0.3 is 23.9 Å². The minimum atomic E-state index is -1.60. The molecule has 3 N–H and O–H groups in total. The number of hydrogen-bond donors (Lipinski definition) is 2. The van der Waals surface area contributed by atoms with Gasteiger partial charge < -0.3 is 29.6 Å². The van der Waals surface area contributed by atoms with Gasteiger partial charge in [-0.1, -0.05) is 18.6 Å². The van der Waals surface area contributed by atoms with Crippen LogP contribution in [0.25, 0.3) is 6.08 Å². The molecule has 2 rings (SSSR count). The quantitative estimate of drug-likeness (QED) is 0.0382. The molecule has 0 aromatic heterocycles. The predicted molar refractivity (Wildman–Crippen MR) is 166 cm³/mol. The molecule has 2 aromatic rings. The lowest BCUT2D eigenvalue weighted by molar-refractivity contribution is -0.167. The Balaban J connectivity index is 2.22. The van der Waals surface area contributed by atoms with Crippen LogP contribution in [0.2, 0.25) is 0 Å². The Hall–Kier alpha value is -5.00. The van der Waals surface area contributed by atoms with Gasteiger partial charge in [0.2, 0.25) is 6.04 Å². The van der Waals surface area contributed by atoms with Crippen LogP contribution in [0, 0.1) is 5.41 Å². The molecule has 0 aliphatic heterocycles. The van der Waals surface area contributed by atoms with Crippen LogP contribution in [0.3, 0.4) is 0 Å². The van der Waals surface area contributed by atoms with Gasteiger partial charge in [-0.3, -0.25) is 15.0 Å². The third-order valence-electron chi connectivity index (χ3n) is 6.42. The number of nitrogens with one attached hydrogen (secondary N) is 1. The minimum absolute atomic E-state index is 0.00361. The first-order valence-electron chi connectivity index (χ1n) is 14.8. The Morgan fingerprint density at radius 3 is 1.89 bits per heavy atom. The normalized spacial score (nSPS) is 11.0. The Kier molecular flexibility index (Phi) is 15.0. The summed E-state index contributed by atoms with van der Waals surface area (Å²) in [5.74, 6) is -3.11. The average Bonchev–Trinajstić information content (AvgIpc) is 3.00. The SMILES string of the molecule is CCOC(=O)CCCCCN(C(=O)C(C)=Cc1ccc(C(=O)Oc2ccc(C(=N)N)cc2)cc1)C(C(=O)OCC)C(=O)OCC. The lowest BCUT2D eigenvalue weighted by Gasteiger charge is -2.29. The zero-order valence-electron chi connectivity index (χ0n) is 26.1.